The average molecular weight is 317 g/mol. The molecule has 0 saturated carbocycles. The van der Waals surface area contributed by atoms with Gasteiger partial charge in [-0.25, -0.2) is 0 Å². The number of nitrogens with zero attached hydrogens (tertiary/aromatic N) is 1. The number of hydrogen-bond acceptors (Lipinski definition) is 3. The lowest BCUT2D eigenvalue weighted by molar-refractivity contribution is -0.136. The maximum Gasteiger partial charge on any atom is 0.248 e. The number of ether oxygens (including phenoxy) is 1. The summed E-state index contributed by atoms with van der Waals surface area (Å²) >= 11 is 1.74. The van der Waals surface area contributed by atoms with Gasteiger partial charge in [0.1, 0.15) is 6.61 Å². The van der Waals surface area contributed by atoms with Crippen LogP contribution in [-0.4, -0.2) is 30.6 Å². The Morgan fingerprint density at radius 3 is 2.59 bits per heavy atom. The van der Waals surface area contributed by atoms with Gasteiger partial charge >= 0.3 is 0 Å². The van der Waals surface area contributed by atoms with E-state index in [0.29, 0.717) is 19.7 Å². The monoisotopic (exact) mass is 317 g/mol. The molecule has 0 saturated heterocycles. The summed E-state index contributed by atoms with van der Waals surface area (Å²) in [6.07, 6.45) is 0.864. The zero-order chi connectivity index (χ0) is 15.8. The van der Waals surface area contributed by atoms with Gasteiger partial charge in [0.05, 0.1) is 6.54 Å². The van der Waals surface area contributed by atoms with Crippen LogP contribution in [0.25, 0.3) is 0 Å². The minimum atomic E-state index is 0.0591. The smallest absolute Gasteiger partial charge is 0.248 e. The van der Waals surface area contributed by atoms with Crippen LogP contribution < -0.4 is 0 Å². The van der Waals surface area contributed by atoms with Gasteiger partial charge in [-0.2, -0.15) is 0 Å². The average Bonchev–Trinajstić information content (AvgIpc) is 2.95. The highest BCUT2D eigenvalue weighted by molar-refractivity contribution is 7.11. The van der Waals surface area contributed by atoms with Crippen LogP contribution in [0.2, 0.25) is 0 Å². The van der Waals surface area contributed by atoms with Crippen molar-refractivity contribution < 1.29 is 9.53 Å². The molecule has 1 heterocycles. The number of rotatable bonds is 8. The second kappa shape index (κ2) is 8.71. The van der Waals surface area contributed by atoms with E-state index in [1.54, 1.807) is 11.3 Å². The van der Waals surface area contributed by atoms with Crippen LogP contribution in [0.1, 0.15) is 22.2 Å². The highest BCUT2D eigenvalue weighted by atomic mass is 32.1. The zero-order valence-electron chi connectivity index (χ0n) is 13.2. The van der Waals surface area contributed by atoms with Crippen molar-refractivity contribution in [2.24, 2.45) is 0 Å². The lowest BCUT2D eigenvalue weighted by atomic mass is 10.1. The van der Waals surface area contributed by atoms with Gasteiger partial charge in [0.2, 0.25) is 5.91 Å². The fourth-order valence-corrected chi connectivity index (χ4v) is 3.15. The molecule has 0 aliphatic heterocycles. The molecule has 4 heteroatoms. The third-order valence-electron chi connectivity index (χ3n) is 3.44. The fourth-order valence-electron chi connectivity index (χ4n) is 2.24. The number of benzene rings is 1. The molecule has 0 bridgehead atoms. The van der Waals surface area contributed by atoms with Crippen molar-refractivity contribution >= 4 is 17.2 Å². The first-order chi connectivity index (χ1) is 10.7. The number of amides is 1. The van der Waals surface area contributed by atoms with E-state index in [2.05, 4.69) is 31.2 Å². The molecule has 1 aromatic heterocycles. The summed E-state index contributed by atoms with van der Waals surface area (Å²) in [4.78, 5) is 16.7. The third kappa shape index (κ3) is 5.28. The second-order valence-corrected chi connectivity index (χ2v) is 6.57. The van der Waals surface area contributed by atoms with Crippen molar-refractivity contribution in [1.29, 1.82) is 0 Å². The van der Waals surface area contributed by atoms with Gasteiger partial charge < -0.3 is 9.64 Å². The normalized spacial score (nSPS) is 10.6. The van der Waals surface area contributed by atoms with Gasteiger partial charge in [0.15, 0.2) is 0 Å². The van der Waals surface area contributed by atoms with Gasteiger partial charge in [-0.1, -0.05) is 30.3 Å². The van der Waals surface area contributed by atoms with Gasteiger partial charge in [0.25, 0.3) is 0 Å². The Kier molecular flexibility index (Phi) is 6.62. The standard InChI is InChI=1S/C18H23NO2S/c1-3-21-14-18(20)19(13-17-10-9-15(2)22-17)12-11-16-7-5-4-6-8-16/h4-10H,3,11-14H2,1-2H3. The molecule has 1 aromatic carbocycles. The van der Waals surface area contributed by atoms with Crippen LogP contribution in [-0.2, 0) is 22.5 Å². The highest BCUT2D eigenvalue weighted by Crippen LogP contribution is 2.17. The Balaban J connectivity index is 1.98. The molecule has 3 nitrogen and oxygen atoms in total. The second-order valence-electron chi connectivity index (χ2n) is 5.20. The van der Waals surface area contributed by atoms with E-state index >= 15 is 0 Å². The molecule has 0 unspecified atom stereocenters. The van der Waals surface area contributed by atoms with Crippen LogP contribution in [0.4, 0.5) is 0 Å². The number of carbonyl (C=O) groups excluding carboxylic acids is 1. The predicted molar refractivity (Wildman–Crippen MR) is 91.1 cm³/mol. The molecular formula is C18H23NO2S. The van der Waals surface area contributed by atoms with E-state index < -0.39 is 0 Å². The molecule has 0 fully saturated rings. The summed E-state index contributed by atoms with van der Waals surface area (Å²) < 4.78 is 5.28. The predicted octanol–water partition coefficient (Wildman–Crippen LogP) is 3.66. The molecule has 0 aliphatic rings. The van der Waals surface area contributed by atoms with Crippen molar-refractivity contribution in [3.8, 4) is 0 Å². The van der Waals surface area contributed by atoms with Gasteiger partial charge in [-0.15, -0.1) is 11.3 Å². The van der Waals surface area contributed by atoms with Crippen LogP contribution in [0.3, 0.4) is 0 Å². The number of hydrogen-bond donors (Lipinski definition) is 0. The SMILES string of the molecule is CCOCC(=O)N(CCc1ccccc1)Cc1ccc(C)s1. The quantitative estimate of drug-likeness (QED) is 0.743. The van der Waals surface area contributed by atoms with Crippen LogP contribution in [0.15, 0.2) is 42.5 Å². The summed E-state index contributed by atoms with van der Waals surface area (Å²) in [6.45, 7) is 6.10. The molecule has 0 spiro atoms. The molecular weight excluding hydrogens is 294 g/mol. The third-order valence-corrected chi connectivity index (χ3v) is 4.42. The minimum absolute atomic E-state index is 0.0591. The van der Waals surface area contributed by atoms with E-state index in [-0.39, 0.29) is 12.5 Å². The molecule has 0 atom stereocenters. The van der Waals surface area contributed by atoms with Crippen molar-refractivity contribution in [3.63, 3.8) is 0 Å². The first-order valence-corrected chi connectivity index (χ1v) is 8.45. The van der Waals surface area contributed by atoms with E-state index in [4.69, 9.17) is 4.74 Å². The van der Waals surface area contributed by atoms with Crippen molar-refractivity contribution in [2.45, 2.75) is 26.8 Å². The Morgan fingerprint density at radius 1 is 1.18 bits per heavy atom. The molecule has 0 aliphatic carbocycles. The Bertz CT molecular complexity index is 580. The molecule has 1 amide bonds. The van der Waals surface area contributed by atoms with E-state index in [9.17, 15) is 4.79 Å². The molecule has 0 N–H and O–H groups in total. The zero-order valence-corrected chi connectivity index (χ0v) is 14.1. The van der Waals surface area contributed by atoms with Crippen molar-refractivity contribution in [3.05, 3.63) is 57.8 Å². The topological polar surface area (TPSA) is 29.5 Å². The molecule has 0 radical (unpaired) electrons. The minimum Gasteiger partial charge on any atom is -0.372 e. The largest absolute Gasteiger partial charge is 0.372 e. The lowest BCUT2D eigenvalue weighted by Gasteiger charge is -2.22. The summed E-state index contributed by atoms with van der Waals surface area (Å²) in [5, 5.41) is 0. The molecule has 2 aromatic rings. The van der Waals surface area contributed by atoms with E-state index in [1.165, 1.54) is 15.3 Å². The van der Waals surface area contributed by atoms with Gasteiger partial charge in [0, 0.05) is 22.9 Å². The van der Waals surface area contributed by atoms with E-state index in [0.717, 1.165) is 6.42 Å². The number of carbonyl (C=O) groups is 1. The first kappa shape index (κ1) is 16.7. The lowest BCUT2D eigenvalue weighted by Crippen LogP contribution is -2.35. The maximum atomic E-state index is 12.3. The summed E-state index contributed by atoms with van der Waals surface area (Å²) in [7, 11) is 0. The van der Waals surface area contributed by atoms with Gasteiger partial charge in [-0.3, -0.25) is 4.79 Å². The summed E-state index contributed by atoms with van der Waals surface area (Å²) in [5.74, 6) is 0.0591. The first-order valence-electron chi connectivity index (χ1n) is 7.63. The van der Waals surface area contributed by atoms with Gasteiger partial charge in [-0.05, 0) is 38.0 Å². The fraction of sp³-hybridized carbons (Fsp3) is 0.389. The van der Waals surface area contributed by atoms with Crippen molar-refractivity contribution in [1.82, 2.24) is 4.90 Å². The Labute approximate surface area is 136 Å². The number of aryl methyl sites for hydroxylation is 1. The molecule has 118 valence electrons. The van der Waals surface area contributed by atoms with Crippen molar-refractivity contribution in [2.75, 3.05) is 19.8 Å². The van der Waals surface area contributed by atoms with Crippen LogP contribution in [0, 0.1) is 6.92 Å². The maximum absolute atomic E-state index is 12.3. The van der Waals surface area contributed by atoms with Crippen LogP contribution in [0.5, 0.6) is 0 Å². The number of thiophene rings is 1. The molecule has 22 heavy (non-hydrogen) atoms. The summed E-state index contributed by atoms with van der Waals surface area (Å²) in [6, 6.07) is 14.5. The Hall–Kier alpha value is -1.65. The van der Waals surface area contributed by atoms with Crippen LogP contribution >= 0.6 is 11.3 Å². The molecule has 2 rings (SSSR count). The Morgan fingerprint density at radius 2 is 1.95 bits per heavy atom. The van der Waals surface area contributed by atoms with E-state index in [1.807, 2.05) is 30.0 Å². The highest BCUT2D eigenvalue weighted by Gasteiger charge is 2.15. The summed E-state index contributed by atoms with van der Waals surface area (Å²) in [5.41, 5.74) is 1.25.